The highest BCUT2D eigenvalue weighted by Gasteiger charge is 2.14. The van der Waals surface area contributed by atoms with E-state index in [2.05, 4.69) is 9.97 Å². The van der Waals surface area contributed by atoms with Crippen LogP contribution >= 0.6 is 23.1 Å². The Morgan fingerprint density at radius 1 is 1.65 bits per heavy atom. The summed E-state index contributed by atoms with van der Waals surface area (Å²) in [6, 6.07) is 5.37. The molecule has 0 saturated carbocycles. The monoisotopic (exact) mass is 308 g/mol. The van der Waals surface area contributed by atoms with Crippen LogP contribution < -0.4 is 11.0 Å². The minimum atomic E-state index is -0.611. The SMILES string of the molecule is N#Cc1c(-c2cccs2)nc(SCC(=O)NO)[nH]c1=O. The van der Waals surface area contributed by atoms with Crippen molar-refractivity contribution < 1.29 is 10.0 Å². The number of carbonyl (C=O) groups excluding carboxylic acids is 1. The van der Waals surface area contributed by atoms with Crippen LogP contribution in [0.1, 0.15) is 5.56 Å². The maximum absolute atomic E-state index is 11.8. The molecule has 0 aromatic carbocycles. The summed E-state index contributed by atoms with van der Waals surface area (Å²) in [5, 5.41) is 19.5. The Labute approximate surface area is 121 Å². The summed E-state index contributed by atoms with van der Waals surface area (Å²) in [5.41, 5.74) is 1.15. The molecule has 0 aliphatic rings. The first kappa shape index (κ1) is 14.3. The fraction of sp³-hybridized carbons (Fsp3) is 0.0909. The van der Waals surface area contributed by atoms with Gasteiger partial charge in [-0.3, -0.25) is 14.8 Å². The molecular weight excluding hydrogens is 300 g/mol. The maximum atomic E-state index is 11.8. The Balaban J connectivity index is 2.40. The van der Waals surface area contributed by atoms with Crippen LogP contribution in [0.25, 0.3) is 10.6 Å². The minimum Gasteiger partial charge on any atom is -0.300 e. The Hall–Kier alpha value is -2.15. The van der Waals surface area contributed by atoms with Gasteiger partial charge in [-0.05, 0) is 11.4 Å². The fourth-order valence-electron chi connectivity index (χ4n) is 1.38. The predicted molar refractivity (Wildman–Crippen MR) is 73.5 cm³/mol. The molecule has 2 aromatic rings. The fourth-order valence-corrected chi connectivity index (χ4v) is 2.76. The van der Waals surface area contributed by atoms with Gasteiger partial charge in [-0.15, -0.1) is 11.3 Å². The number of H-pyrrole nitrogens is 1. The zero-order chi connectivity index (χ0) is 14.5. The van der Waals surface area contributed by atoms with Crippen LogP contribution in [0.3, 0.4) is 0 Å². The van der Waals surface area contributed by atoms with E-state index in [-0.39, 0.29) is 22.2 Å². The zero-order valence-electron chi connectivity index (χ0n) is 9.91. The highest BCUT2D eigenvalue weighted by atomic mass is 32.2. The number of carbonyl (C=O) groups is 1. The second kappa shape index (κ2) is 6.33. The number of thioether (sulfide) groups is 1. The van der Waals surface area contributed by atoms with Gasteiger partial charge < -0.3 is 4.98 Å². The number of hydroxylamine groups is 1. The van der Waals surface area contributed by atoms with Crippen LogP contribution in [0.15, 0.2) is 27.5 Å². The number of aromatic amines is 1. The van der Waals surface area contributed by atoms with Crippen LogP contribution in [0.2, 0.25) is 0 Å². The Morgan fingerprint density at radius 2 is 2.45 bits per heavy atom. The van der Waals surface area contributed by atoms with Crippen molar-refractivity contribution in [3.8, 4) is 16.6 Å². The summed E-state index contributed by atoms with van der Waals surface area (Å²) in [7, 11) is 0. The van der Waals surface area contributed by atoms with Crippen molar-refractivity contribution >= 4 is 29.0 Å². The highest BCUT2D eigenvalue weighted by Crippen LogP contribution is 2.25. The largest absolute Gasteiger partial charge is 0.300 e. The van der Waals surface area contributed by atoms with Crippen molar-refractivity contribution in [2.45, 2.75) is 5.16 Å². The van der Waals surface area contributed by atoms with Gasteiger partial charge in [-0.1, -0.05) is 17.8 Å². The third kappa shape index (κ3) is 3.05. The molecule has 1 amide bonds. The average Bonchev–Trinajstić information content (AvgIpc) is 2.98. The maximum Gasteiger partial charge on any atom is 0.270 e. The predicted octanol–water partition coefficient (Wildman–Crippen LogP) is 0.968. The van der Waals surface area contributed by atoms with Crippen molar-refractivity contribution in [3.63, 3.8) is 0 Å². The van der Waals surface area contributed by atoms with E-state index in [1.54, 1.807) is 12.1 Å². The second-order valence-electron chi connectivity index (χ2n) is 3.51. The molecule has 0 saturated heterocycles. The van der Waals surface area contributed by atoms with Gasteiger partial charge in [0.2, 0.25) is 0 Å². The van der Waals surface area contributed by atoms with E-state index in [1.807, 2.05) is 11.4 Å². The van der Waals surface area contributed by atoms with Gasteiger partial charge in [-0.25, -0.2) is 10.5 Å². The number of nitriles is 1. The van der Waals surface area contributed by atoms with Crippen molar-refractivity contribution in [3.05, 3.63) is 33.4 Å². The summed E-state index contributed by atoms with van der Waals surface area (Å²) in [5.74, 6) is -0.713. The first-order valence-electron chi connectivity index (χ1n) is 5.29. The van der Waals surface area contributed by atoms with Crippen LogP contribution in [-0.2, 0) is 4.79 Å². The molecular formula is C11H8N4O3S2. The zero-order valence-corrected chi connectivity index (χ0v) is 11.5. The smallest absolute Gasteiger partial charge is 0.270 e. The quantitative estimate of drug-likeness (QED) is 0.335. The molecule has 2 heterocycles. The standard InChI is InChI=1S/C11H8N4O3S2/c12-4-6-9(7-2-1-3-19-7)13-11(14-10(6)17)20-5-8(16)15-18/h1-3,18H,5H2,(H,15,16)(H,13,14,17). The van der Waals surface area contributed by atoms with Gasteiger partial charge in [0.1, 0.15) is 17.3 Å². The third-order valence-corrected chi connectivity index (χ3v) is 3.98. The van der Waals surface area contributed by atoms with Gasteiger partial charge in [0.15, 0.2) is 5.16 Å². The molecule has 0 aliphatic heterocycles. The van der Waals surface area contributed by atoms with E-state index in [9.17, 15) is 9.59 Å². The lowest BCUT2D eigenvalue weighted by Crippen LogP contribution is -2.21. The molecule has 20 heavy (non-hydrogen) atoms. The molecule has 0 fully saturated rings. The highest BCUT2D eigenvalue weighted by molar-refractivity contribution is 7.99. The van der Waals surface area contributed by atoms with Gasteiger partial charge >= 0.3 is 0 Å². The van der Waals surface area contributed by atoms with Crippen LogP contribution in [-0.4, -0.2) is 26.8 Å². The number of hydrogen-bond acceptors (Lipinski definition) is 7. The van der Waals surface area contributed by atoms with E-state index in [0.29, 0.717) is 4.88 Å². The minimum absolute atomic E-state index is 0.0663. The molecule has 2 rings (SSSR count). The number of hydrogen-bond donors (Lipinski definition) is 3. The van der Waals surface area contributed by atoms with Crippen molar-refractivity contribution in [2.75, 3.05) is 5.75 Å². The second-order valence-corrected chi connectivity index (χ2v) is 5.42. The molecule has 2 aromatic heterocycles. The van der Waals surface area contributed by atoms with E-state index in [0.717, 1.165) is 11.8 Å². The van der Waals surface area contributed by atoms with Crippen LogP contribution in [0, 0.1) is 11.3 Å². The molecule has 0 unspecified atom stereocenters. The van der Waals surface area contributed by atoms with E-state index < -0.39 is 11.5 Å². The van der Waals surface area contributed by atoms with E-state index in [4.69, 9.17) is 10.5 Å². The lowest BCUT2D eigenvalue weighted by molar-refractivity contribution is -0.126. The summed E-state index contributed by atoms with van der Waals surface area (Å²) >= 11 is 2.31. The van der Waals surface area contributed by atoms with Crippen LogP contribution in [0.5, 0.6) is 0 Å². The average molecular weight is 308 g/mol. The summed E-state index contributed by atoms with van der Waals surface area (Å²) in [4.78, 5) is 30.1. The Bertz CT molecular complexity index is 718. The molecule has 0 aliphatic carbocycles. The summed E-state index contributed by atoms with van der Waals surface area (Å²) in [6.45, 7) is 0. The molecule has 9 heteroatoms. The van der Waals surface area contributed by atoms with Crippen molar-refractivity contribution in [1.82, 2.24) is 15.4 Å². The molecule has 0 atom stereocenters. The van der Waals surface area contributed by atoms with Crippen molar-refractivity contribution in [1.29, 1.82) is 5.26 Å². The lowest BCUT2D eigenvalue weighted by Gasteiger charge is -2.04. The number of aromatic nitrogens is 2. The summed E-state index contributed by atoms with van der Waals surface area (Å²) < 4.78 is 0. The van der Waals surface area contributed by atoms with Gasteiger partial charge in [0.05, 0.1) is 10.6 Å². The molecule has 7 nitrogen and oxygen atoms in total. The molecule has 0 bridgehead atoms. The Morgan fingerprint density at radius 3 is 3.05 bits per heavy atom. The number of thiophene rings is 1. The number of nitrogens with zero attached hydrogens (tertiary/aromatic N) is 2. The van der Waals surface area contributed by atoms with E-state index >= 15 is 0 Å². The van der Waals surface area contributed by atoms with Crippen LogP contribution in [0.4, 0.5) is 0 Å². The molecule has 0 radical (unpaired) electrons. The topological polar surface area (TPSA) is 119 Å². The van der Waals surface area contributed by atoms with Gasteiger partial charge in [-0.2, -0.15) is 5.26 Å². The Kier molecular flexibility index (Phi) is 4.52. The molecule has 3 N–H and O–H groups in total. The molecule has 102 valence electrons. The van der Waals surface area contributed by atoms with E-state index in [1.165, 1.54) is 16.8 Å². The number of rotatable bonds is 4. The molecule has 0 spiro atoms. The number of nitrogens with one attached hydrogen (secondary N) is 2. The van der Waals surface area contributed by atoms with Crippen molar-refractivity contribution in [2.24, 2.45) is 0 Å². The normalized spacial score (nSPS) is 10.0. The first-order chi connectivity index (χ1) is 9.65. The first-order valence-corrected chi connectivity index (χ1v) is 7.16. The third-order valence-electron chi connectivity index (χ3n) is 2.23. The van der Waals surface area contributed by atoms with Gasteiger partial charge in [0, 0.05) is 0 Å². The number of amides is 1. The lowest BCUT2D eigenvalue weighted by atomic mass is 10.2. The summed E-state index contributed by atoms with van der Waals surface area (Å²) in [6.07, 6.45) is 0. The van der Waals surface area contributed by atoms with Gasteiger partial charge in [0.25, 0.3) is 11.5 Å².